The van der Waals surface area contributed by atoms with Crippen molar-refractivity contribution >= 4 is 15.9 Å². The third-order valence-electron chi connectivity index (χ3n) is 2.71. The standard InChI is InChI=1S/C11H14BrNO2/c12-8-3-4-9(13-6-8)5-10(14)11(15)7-1-2-7/h3-4,6-7,10-11,14-15H,1-2,5H2. The molecule has 0 aromatic carbocycles. The van der Waals surface area contributed by atoms with Crippen molar-refractivity contribution in [3.8, 4) is 0 Å². The lowest BCUT2D eigenvalue weighted by molar-refractivity contribution is 0.00622. The van der Waals surface area contributed by atoms with Crippen molar-refractivity contribution < 1.29 is 10.2 Å². The predicted molar refractivity (Wildman–Crippen MR) is 60.4 cm³/mol. The van der Waals surface area contributed by atoms with Crippen LogP contribution in [-0.2, 0) is 6.42 Å². The Balaban J connectivity index is 1.92. The smallest absolute Gasteiger partial charge is 0.0857 e. The highest BCUT2D eigenvalue weighted by Gasteiger charge is 2.34. The number of aromatic nitrogens is 1. The second-order valence-electron chi connectivity index (χ2n) is 4.07. The number of pyridine rings is 1. The van der Waals surface area contributed by atoms with Crippen molar-refractivity contribution in [2.75, 3.05) is 0 Å². The summed E-state index contributed by atoms with van der Waals surface area (Å²) in [6.45, 7) is 0. The molecule has 4 heteroatoms. The molecular weight excluding hydrogens is 258 g/mol. The quantitative estimate of drug-likeness (QED) is 0.873. The summed E-state index contributed by atoms with van der Waals surface area (Å²) in [5.74, 6) is 0.301. The lowest BCUT2D eigenvalue weighted by atomic mass is 10.0. The van der Waals surface area contributed by atoms with Gasteiger partial charge >= 0.3 is 0 Å². The Bertz CT molecular complexity index is 324. The maximum atomic E-state index is 9.75. The molecule has 1 aromatic heterocycles. The summed E-state index contributed by atoms with van der Waals surface area (Å²) in [6, 6.07) is 3.74. The zero-order valence-corrected chi connectivity index (χ0v) is 9.89. The van der Waals surface area contributed by atoms with Crippen molar-refractivity contribution in [1.29, 1.82) is 0 Å². The van der Waals surface area contributed by atoms with Crippen molar-refractivity contribution in [1.82, 2.24) is 4.98 Å². The molecule has 1 heterocycles. The molecule has 1 aliphatic rings. The summed E-state index contributed by atoms with van der Waals surface area (Å²) in [5, 5.41) is 19.4. The van der Waals surface area contributed by atoms with Gasteiger partial charge in [-0.1, -0.05) is 0 Å². The largest absolute Gasteiger partial charge is 0.390 e. The van der Waals surface area contributed by atoms with Gasteiger partial charge in [0.05, 0.1) is 12.2 Å². The minimum Gasteiger partial charge on any atom is -0.390 e. The molecule has 2 N–H and O–H groups in total. The Hall–Kier alpha value is -0.450. The molecule has 3 nitrogen and oxygen atoms in total. The normalized spacial score (nSPS) is 19.9. The van der Waals surface area contributed by atoms with Crippen molar-refractivity contribution in [3.63, 3.8) is 0 Å². The predicted octanol–water partition coefficient (Wildman–Crippen LogP) is 1.52. The number of rotatable bonds is 4. The zero-order chi connectivity index (χ0) is 10.8. The van der Waals surface area contributed by atoms with Crippen molar-refractivity contribution in [2.45, 2.75) is 31.5 Å². The molecule has 0 spiro atoms. The van der Waals surface area contributed by atoms with Gasteiger partial charge in [0.25, 0.3) is 0 Å². The molecule has 1 aromatic rings. The highest BCUT2D eigenvalue weighted by atomic mass is 79.9. The molecule has 0 radical (unpaired) electrons. The van der Waals surface area contributed by atoms with E-state index in [1.54, 1.807) is 6.20 Å². The molecule has 1 fully saturated rings. The SMILES string of the molecule is OC(Cc1ccc(Br)cn1)C(O)C1CC1. The van der Waals surface area contributed by atoms with E-state index in [2.05, 4.69) is 20.9 Å². The van der Waals surface area contributed by atoms with E-state index in [1.165, 1.54) is 0 Å². The van der Waals surface area contributed by atoms with Crippen LogP contribution in [0.25, 0.3) is 0 Å². The van der Waals surface area contributed by atoms with Crippen LogP contribution in [0.1, 0.15) is 18.5 Å². The van der Waals surface area contributed by atoms with Gasteiger partial charge in [-0.25, -0.2) is 0 Å². The van der Waals surface area contributed by atoms with Gasteiger partial charge in [0.15, 0.2) is 0 Å². The summed E-state index contributed by atoms with van der Waals surface area (Å²) in [7, 11) is 0. The van der Waals surface area contributed by atoms with Gasteiger partial charge in [-0.05, 0) is 46.8 Å². The third-order valence-corrected chi connectivity index (χ3v) is 3.18. The monoisotopic (exact) mass is 271 g/mol. The molecule has 0 bridgehead atoms. The van der Waals surface area contributed by atoms with Crippen LogP contribution < -0.4 is 0 Å². The lowest BCUT2D eigenvalue weighted by Gasteiger charge is -2.16. The van der Waals surface area contributed by atoms with Gasteiger partial charge in [0.2, 0.25) is 0 Å². The Kier molecular flexibility index (Phi) is 3.38. The highest BCUT2D eigenvalue weighted by molar-refractivity contribution is 9.10. The lowest BCUT2D eigenvalue weighted by Crippen LogP contribution is -2.30. The molecule has 1 saturated carbocycles. The Morgan fingerprint density at radius 2 is 2.13 bits per heavy atom. The highest BCUT2D eigenvalue weighted by Crippen LogP contribution is 2.34. The van der Waals surface area contributed by atoms with Crippen LogP contribution in [0, 0.1) is 5.92 Å². The Morgan fingerprint density at radius 3 is 2.67 bits per heavy atom. The fraction of sp³-hybridized carbons (Fsp3) is 0.545. The average molecular weight is 272 g/mol. The molecule has 2 atom stereocenters. The number of hydrogen-bond acceptors (Lipinski definition) is 3. The van der Waals surface area contributed by atoms with Crippen LogP contribution in [-0.4, -0.2) is 27.4 Å². The average Bonchev–Trinajstić information content (AvgIpc) is 3.04. The van der Waals surface area contributed by atoms with Gasteiger partial charge in [-0.3, -0.25) is 4.98 Å². The molecule has 15 heavy (non-hydrogen) atoms. The summed E-state index contributed by atoms with van der Waals surface area (Å²) < 4.78 is 0.920. The van der Waals surface area contributed by atoms with Crippen molar-refractivity contribution in [2.24, 2.45) is 5.92 Å². The summed E-state index contributed by atoms with van der Waals surface area (Å²) in [5.41, 5.74) is 0.811. The first kappa shape index (κ1) is 11.0. The van der Waals surface area contributed by atoms with Crippen LogP contribution >= 0.6 is 15.9 Å². The maximum Gasteiger partial charge on any atom is 0.0857 e. The Morgan fingerprint density at radius 1 is 1.40 bits per heavy atom. The number of aliphatic hydroxyl groups is 2. The molecule has 0 saturated heterocycles. The Labute approximate surface area is 97.3 Å². The van der Waals surface area contributed by atoms with E-state index in [9.17, 15) is 10.2 Å². The zero-order valence-electron chi connectivity index (χ0n) is 8.31. The van der Waals surface area contributed by atoms with Gasteiger partial charge < -0.3 is 10.2 Å². The van der Waals surface area contributed by atoms with Crippen molar-refractivity contribution in [3.05, 3.63) is 28.5 Å². The third kappa shape index (κ3) is 3.00. The fourth-order valence-electron chi connectivity index (χ4n) is 1.61. The molecule has 1 aliphatic carbocycles. The van der Waals surface area contributed by atoms with Crippen LogP contribution in [0.3, 0.4) is 0 Å². The summed E-state index contributed by atoms with van der Waals surface area (Å²) in [6.07, 6.45) is 2.91. The first-order chi connectivity index (χ1) is 7.16. The second kappa shape index (κ2) is 4.60. The maximum absolute atomic E-state index is 9.75. The molecule has 0 aliphatic heterocycles. The molecular formula is C11H14BrNO2. The van der Waals surface area contributed by atoms with Crippen LogP contribution in [0.2, 0.25) is 0 Å². The topological polar surface area (TPSA) is 53.4 Å². The molecule has 82 valence electrons. The fourth-order valence-corrected chi connectivity index (χ4v) is 1.85. The summed E-state index contributed by atoms with van der Waals surface area (Å²) >= 11 is 3.30. The van der Waals surface area contributed by atoms with Gasteiger partial charge in [-0.2, -0.15) is 0 Å². The summed E-state index contributed by atoms with van der Waals surface area (Å²) in [4.78, 5) is 4.16. The first-order valence-electron chi connectivity index (χ1n) is 5.13. The van der Waals surface area contributed by atoms with Gasteiger partial charge in [0, 0.05) is 22.8 Å². The number of hydrogen-bond donors (Lipinski definition) is 2. The first-order valence-corrected chi connectivity index (χ1v) is 5.92. The molecule has 2 rings (SSSR count). The van der Waals surface area contributed by atoms with Crippen LogP contribution in [0.5, 0.6) is 0 Å². The van der Waals surface area contributed by atoms with Crippen LogP contribution in [0.4, 0.5) is 0 Å². The van der Waals surface area contributed by atoms with E-state index in [0.717, 1.165) is 23.0 Å². The molecule has 0 amide bonds. The van der Waals surface area contributed by atoms with E-state index < -0.39 is 12.2 Å². The van der Waals surface area contributed by atoms with Gasteiger partial charge in [-0.15, -0.1) is 0 Å². The number of nitrogens with zero attached hydrogens (tertiary/aromatic N) is 1. The van der Waals surface area contributed by atoms with E-state index >= 15 is 0 Å². The number of aliphatic hydroxyl groups excluding tert-OH is 2. The number of halogens is 1. The minimum atomic E-state index is -0.689. The van der Waals surface area contributed by atoms with E-state index in [-0.39, 0.29) is 0 Å². The second-order valence-corrected chi connectivity index (χ2v) is 4.98. The van der Waals surface area contributed by atoms with E-state index in [4.69, 9.17) is 0 Å². The van der Waals surface area contributed by atoms with E-state index in [1.807, 2.05) is 12.1 Å². The minimum absolute atomic E-state index is 0.301. The van der Waals surface area contributed by atoms with Crippen LogP contribution in [0.15, 0.2) is 22.8 Å². The van der Waals surface area contributed by atoms with E-state index in [0.29, 0.717) is 12.3 Å². The van der Waals surface area contributed by atoms with Gasteiger partial charge in [0.1, 0.15) is 0 Å². The molecule has 2 unspecified atom stereocenters.